The molecule has 4 nitrogen and oxygen atoms in total. The molecule has 1 aromatic carbocycles. The van der Waals surface area contributed by atoms with Crippen molar-refractivity contribution in [2.45, 2.75) is 33.8 Å². The minimum atomic E-state index is -0.552. The van der Waals surface area contributed by atoms with Crippen LogP contribution in [-0.2, 0) is 4.79 Å². The van der Waals surface area contributed by atoms with Crippen molar-refractivity contribution in [3.63, 3.8) is 0 Å². The summed E-state index contributed by atoms with van der Waals surface area (Å²) in [7, 11) is 1.77. The molecule has 0 heterocycles. The fraction of sp³-hybridized carbons (Fsp3) is 0.562. The van der Waals surface area contributed by atoms with Gasteiger partial charge in [-0.3, -0.25) is 4.79 Å². The Balaban J connectivity index is 0.00000441. The summed E-state index contributed by atoms with van der Waals surface area (Å²) >= 11 is 5.98. The maximum atomic E-state index is 12.3. The summed E-state index contributed by atoms with van der Waals surface area (Å²) in [5, 5.41) is 0.683. The third kappa shape index (κ3) is 6.03. The molecule has 1 rings (SSSR count). The SMILES string of the molecule is Cc1cc(OC(C)C(=O)N(C)CC(C)(C)CN)ccc1Cl.Cl. The summed E-state index contributed by atoms with van der Waals surface area (Å²) in [5.41, 5.74) is 6.52. The number of ether oxygens (including phenoxy) is 1. The molecule has 0 saturated carbocycles. The number of carbonyl (C=O) groups excluding carboxylic acids is 1. The first-order valence-electron chi connectivity index (χ1n) is 7.04. The Kier molecular flexibility index (Phi) is 8.23. The van der Waals surface area contributed by atoms with E-state index in [0.29, 0.717) is 23.9 Å². The van der Waals surface area contributed by atoms with Gasteiger partial charge in [-0.2, -0.15) is 0 Å². The minimum Gasteiger partial charge on any atom is -0.481 e. The zero-order chi connectivity index (χ0) is 16.2. The van der Waals surface area contributed by atoms with Gasteiger partial charge in [0.2, 0.25) is 0 Å². The van der Waals surface area contributed by atoms with Crippen molar-refractivity contribution in [2.75, 3.05) is 20.1 Å². The highest BCUT2D eigenvalue weighted by atomic mass is 35.5. The fourth-order valence-corrected chi connectivity index (χ4v) is 2.16. The van der Waals surface area contributed by atoms with Crippen molar-refractivity contribution in [2.24, 2.45) is 11.1 Å². The molecule has 1 atom stereocenters. The number of nitrogens with two attached hydrogens (primary N) is 1. The summed E-state index contributed by atoms with van der Waals surface area (Å²) in [6.07, 6.45) is -0.552. The third-order valence-corrected chi connectivity index (χ3v) is 3.81. The van der Waals surface area contributed by atoms with Crippen LogP contribution in [0.2, 0.25) is 5.02 Å². The van der Waals surface area contributed by atoms with Gasteiger partial charge in [-0.05, 0) is 49.6 Å². The number of halogens is 2. The van der Waals surface area contributed by atoms with Crippen LogP contribution >= 0.6 is 24.0 Å². The molecule has 0 saturated heterocycles. The number of hydrogen-bond donors (Lipinski definition) is 1. The molecule has 0 radical (unpaired) electrons. The second-order valence-corrected chi connectivity index (χ2v) is 6.64. The molecule has 1 unspecified atom stereocenters. The number of aryl methyl sites for hydroxylation is 1. The average molecular weight is 349 g/mol. The van der Waals surface area contributed by atoms with Crippen LogP contribution in [0.5, 0.6) is 5.75 Å². The van der Waals surface area contributed by atoms with E-state index in [2.05, 4.69) is 0 Å². The van der Waals surface area contributed by atoms with E-state index < -0.39 is 6.10 Å². The van der Waals surface area contributed by atoms with Crippen LogP contribution in [0.3, 0.4) is 0 Å². The molecule has 22 heavy (non-hydrogen) atoms. The minimum absolute atomic E-state index is 0. The molecule has 1 aromatic rings. The van der Waals surface area contributed by atoms with Gasteiger partial charge in [-0.15, -0.1) is 12.4 Å². The van der Waals surface area contributed by atoms with Gasteiger partial charge < -0.3 is 15.4 Å². The van der Waals surface area contributed by atoms with Crippen molar-refractivity contribution >= 4 is 29.9 Å². The number of hydrogen-bond acceptors (Lipinski definition) is 3. The average Bonchev–Trinajstić information content (AvgIpc) is 2.41. The number of benzene rings is 1. The van der Waals surface area contributed by atoms with E-state index in [1.54, 1.807) is 31.0 Å². The van der Waals surface area contributed by atoms with Gasteiger partial charge in [0.05, 0.1) is 0 Å². The number of rotatable bonds is 6. The third-order valence-electron chi connectivity index (χ3n) is 3.38. The van der Waals surface area contributed by atoms with Crippen molar-refractivity contribution in [3.8, 4) is 5.75 Å². The molecule has 2 N–H and O–H groups in total. The van der Waals surface area contributed by atoms with Crippen molar-refractivity contribution in [3.05, 3.63) is 28.8 Å². The summed E-state index contributed by atoms with van der Waals surface area (Å²) in [6, 6.07) is 5.36. The van der Waals surface area contributed by atoms with Crippen LogP contribution in [0.4, 0.5) is 0 Å². The van der Waals surface area contributed by atoms with Crippen LogP contribution in [0.15, 0.2) is 18.2 Å². The van der Waals surface area contributed by atoms with E-state index in [1.807, 2.05) is 26.8 Å². The largest absolute Gasteiger partial charge is 0.481 e. The quantitative estimate of drug-likeness (QED) is 0.858. The molecule has 0 aliphatic carbocycles. The molecule has 0 aliphatic heterocycles. The van der Waals surface area contributed by atoms with Crippen molar-refractivity contribution in [1.29, 1.82) is 0 Å². The first-order chi connectivity index (χ1) is 9.66. The monoisotopic (exact) mass is 348 g/mol. The van der Waals surface area contributed by atoms with Crippen LogP contribution in [-0.4, -0.2) is 37.0 Å². The summed E-state index contributed by atoms with van der Waals surface area (Å²) in [5.74, 6) is 0.577. The van der Waals surface area contributed by atoms with Crippen molar-refractivity contribution in [1.82, 2.24) is 4.90 Å². The Labute approximate surface area is 144 Å². The molecular weight excluding hydrogens is 323 g/mol. The fourth-order valence-electron chi connectivity index (χ4n) is 2.04. The van der Waals surface area contributed by atoms with Gasteiger partial charge in [0.25, 0.3) is 5.91 Å². The maximum absolute atomic E-state index is 12.3. The van der Waals surface area contributed by atoms with Crippen LogP contribution < -0.4 is 10.5 Å². The Morgan fingerprint density at radius 2 is 2.05 bits per heavy atom. The lowest BCUT2D eigenvalue weighted by molar-refractivity contribution is -0.137. The molecule has 6 heteroatoms. The molecule has 0 bridgehead atoms. The highest BCUT2D eigenvalue weighted by molar-refractivity contribution is 6.31. The molecule has 0 aromatic heterocycles. The second-order valence-electron chi connectivity index (χ2n) is 6.23. The van der Waals surface area contributed by atoms with Crippen LogP contribution in [0.25, 0.3) is 0 Å². The smallest absolute Gasteiger partial charge is 0.263 e. The van der Waals surface area contributed by atoms with Gasteiger partial charge in [0.15, 0.2) is 6.10 Å². The number of amides is 1. The predicted octanol–water partition coefficient (Wildman–Crippen LogP) is 3.28. The van der Waals surface area contributed by atoms with Crippen LogP contribution in [0.1, 0.15) is 26.3 Å². The summed E-state index contributed by atoms with van der Waals surface area (Å²) in [4.78, 5) is 14.0. The van der Waals surface area contributed by atoms with Crippen molar-refractivity contribution < 1.29 is 9.53 Å². The lowest BCUT2D eigenvalue weighted by Gasteiger charge is -2.30. The molecular formula is C16H26Cl2N2O2. The number of nitrogens with zero attached hydrogens (tertiary/aromatic N) is 1. The van der Waals surface area contributed by atoms with Gasteiger partial charge in [0, 0.05) is 18.6 Å². The van der Waals surface area contributed by atoms with Gasteiger partial charge in [0.1, 0.15) is 5.75 Å². The van der Waals surface area contributed by atoms with E-state index >= 15 is 0 Å². The normalized spacial score (nSPS) is 12.3. The highest BCUT2D eigenvalue weighted by Crippen LogP contribution is 2.22. The highest BCUT2D eigenvalue weighted by Gasteiger charge is 2.25. The van der Waals surface area contributed by atoms with Gasteiger partial charge in [-0.1, -0.05) is 25.4 Å². The standard InChI is InChI=1S/C16H25ClN2O2.ClH/c1-11-8-13(6-7-14(11)17)21-12(2)15(20)19(5)10-16(3,4)9-18;/h6-8,12H,9-10,18H2,1-5H3;1H. The Bertz CT molecular complexity index is 507. The van der Waals surface area contributed by atoms with E-state index in [1.165, 1.54) is 0 Å². The molecule has 1 amide bonds. The number of likely N-dealkylation sites (N-methyl/N-ethyl adjacent to an activating group) is 1. The van der Waals surface area contributed by atoms with E-state index in [0.717, 1.165) is 5.56 Å². The molecule has 0 spiro atoms. The van der Waals surface area contributed by atoms with Crippen LogP contribution in [0, 0.1) is 12.3 Å². The first-order valence-corrected chi connectivity index (χ1v) is 7.42. The lowest BCUT2D eigenvalue weighted by atomic mass is 9.93. The summed E-state index contributed by atoms with van der Waals surface area (Å²) < 4.78 is 5.70. The van der Waals surface area contributed by atoms with Gasteiger partial charge >= 0.3 is 0 Å². The molecule has 126 valence electrons. The zero-order valence-electron chi connectivity index (χ0n) is 13.9. The Morgan fingerprint density at radius 1 is 1.45 bits per heavy atom. The van der Waals surface area contributed by atoms with E-state index in [-0.39, 0.29) is 23.7 Å². The topological polar surface area (TPSA) is 55.6 Å². The predicted molar refractivity (Wildman–Crippen MR) is 94.0 cm³/mol. The van der Waals surface area contributed by atoms with E-state index in [9.17, 15) is 4.79 Å². The Morgan fingerprint density at radius 3 is 2.55 bits per heavy atom. The number of carbonyl (C=O) groups is 1. The maximum Gasteiger partial charge on any atom is 0.263 e. The zero-order valence-corrected chi connectivity index (χ0v) is 15.4. The first kappa shape index (κ1) is 21.0. The second kappa shape index (κ2) is 8.61. The van der Waals surface area contributed by atoms with E-state index in [4.69, 9.17) is 22.1 Å². The lowest BCUT2D eigenvalue weighted by Crippen LogP contribution is -2.44. The molecule has 0 fully saturated rings. The summed E-state index contributed by atoms with van der Waals surface area (Å²) in [6.45, 7) is 8.83. The molecule has 0 aliphatic rings. The van der Waals surface area contributed by atoms with Gasteiger partial charge in [-0.25, -0.2) is 0 Å². The Hall–Kier alpha value is -0.970.